The van der Waals surface area contributed by atoms with E-state index in [0.717, 1.165) is 0 Å². The molecular formula is C17H30N2O5. The fraction of sp³-hybridized carbons (Fsp3) is 0.824. The maximum absolute atomic E-state index is 12.2. The number of esters is 1. The van der Waals surface area contributed by atoms with Gasteiger partial charge in [-0.15, -0.1) is 0 Å². The van der Waals surface area contributed by atoms with Crippen LogP contribution < -0.4 is 0 Å². The normalized spacial score (nSPS) is 19.2. The van der Waals surface area contributed by atoms with Crippen molar-refractivity contribution in [1.29, 1.82) is 0 Å². The Morgan fingerprint density at radius 1 is 1.21 bits per heavy atom. The average molecular weight is 342 g/mol. The highest BCUT2D eigenvalue weighted by Gasteiger charge is 2.40. The third-order valence-electron chi connectivity index (χ3n) is 3.95. The van der Waals surface area contributed by atoms with Crippen molar-refractivity contribution >= 4 is 18.0 Å². The zero-order valence-corrected chi connectivity index (χ0v) is 15.8. The van der Waals surface area contributed by atoms with Gasteiger partial charge in [0.05, 0.1) is 13.2 Å². The summed E-state index contributed by atoms with van der Waals surface area (Å²) in [6.07, 6.45) is 0.214. The maximum atomic E-state index is 12.2. The van der Waals surface area contributed by atoms with Crippen molar-refractivity contribution in [3.8, 4) is 0 Å². The van der Waals surface area contributed by atoms with Crippen molar-refractivity contribution < 1.29 is 23.9 Å². The standard InChI is InChI=1S/C17H30N2O5/c1-11(2)14(15(21)23-7)19(12(3)20)13-8-9-18(10-13)16(22)24-17(4,5)6/h11,13-14H,8-10H2,1-7H3. The summed E-state index contributed by atoms with van der Waals surface area (Å²) in [5.41, 5.74) is -0.568. The van der Waals surface area contributed by atoms with E-state index in [2.05, 4.69) is 0 Å². The summed E-state index contributed by atoms with van der Waals surface area (Å²) in [4.78, 5) is 39.7. The lowest BCUT2D eigenvalue weighted by Crippen LogP contribution is -2.53. The molecular weight excluding hydrogens is 312 g/mol. The zero-order valence-electron chi connectivity index (χ0n) is 15.8. The highest BCUT2D eigenvalue weighted by Crippen LogP contribution is 2.24. The molecule has 7 nitrogen and oxygen atoms in total. The van der Waals surface area contributed by atoms with E-state index in [9.17, 15) is 14.4 Å². The minimum atomic E-state index is -0.656. The van der Waals surface area contributed by atoms with E-state index in [0.29, 0.717) is 19.5 Å². The smallest absolute Gasteiger partial charge is 0.410 e. The van der Waals surface area contributed by atoms with Gasteiger partial charge in [-0.2, -0.15) is 0 Å². The number of ether oxygens (including phenoxy) is 2. The number of rotatable bonds is 4. The molecule has 0 aromatic heterocycles. The summed E-state index contributed by atoms with van der Waals surface area (Å²) in [5.74, 6) is -0.719. The molecule has 7 heteroatoms. The number of nitrogens with zero attached hydrogens (tertiary/aromatic N) is 2. The van der Waals surface area contributed by atoms with E-state index in [1.165, 1.54) is 14.0 Å². The maximum Gasteiger partial charge on any atom is 0.410 e. The summed E-state index contributed by atoms with van der Waals surface area (Å²) in [6.45, 7) is 11.5. The third kappa shape index (κ3) is 5.11. The highest BCUT2D eigenvalue weighted by molar-refractivity contribution is 5.84. The second-order valence-corrected chi connectivity index (χ2v) is 7.51. The van der Waals surface area contributed by atoms with Crippen LogP contribution in [0, 0.1) is 5.92 Å². The number of amides is 2. The van der Waals surface area contributed by atoms with Gasteiger partial charge in [-0.25, -0.2) is 9.59 Å². The van der Waals surface area contributed by atoms with Gasteiger partial charge >= 0.3 is 12.1 Å². The summed E-state index contributed by atoms with van der Waals surface area (Å²) < 4.78 is 10.2. The molecule has 0 radical (unpaired) electrons. The molecule has 1 saturated heterocycles. The summed E-state index contributed by atoms with van der Waals surface area (Å²) in [5, 5.41) is 0. The van der Waals surface area contributed by atoms with Gasteiger partial charge in [0.2, 0.25) is 5.91 Å². The van der Waals surface area contributed by atoms with Crippen LogP contribution >= 0.6 is 0 Å². The summed E-state index contributed by atoms with van der Waals surface area (Å²) in [6, 6.07) is -0.877. The first-order valence-corrected chi connectivity index (χ1v) is 8.32. The lowest BCUT2D eigenvalue weighted by Gasteiger charge is -2.36. The van der Waals surface area contributed by atoms with Crippen LogP contribution in [0.25, 0.3) is 0 Å². The topological polar surface area (TPSA) is 76.2 Å². The molecule has 1 aliphatic rings. The van der Waals surface area contributed by atoms with Gasteiger partial charge in [0.15, 0.2) is 0 Å². The first-order chi connectivity index (χ1) is 11.0. The van der Waals surface area contributed by atoms with Gasteiger partial charge in [0.25, 0.3) is 0 Å². The summed E-state index contributed by atoms with van der Waals surface area (Å²) in [7, 11) is 1.32. The Labute approximate surface area is 144 Å². The molecule has 0 aromatic rings. The minimum absolute atomic E-state index is 0.0862. The fourth-order valence-corrected chi connectivity index (χ4v) is 2.97. The number of methoxy groups -OCH3 is 1. The Balaban J connectivity index is 2.90. The van der Waals surface area contributed by atoms with Gasteiger partial charge in [0, 0.05) is 20.0 Å². The van der Waals surface area contributed by atoms with Gasteiger partial charge in [-0.3, -0.25) is 4.79 Å². The molecule has 2 unspecified atom stereocenters. The predicted octanol–water partition coefficient (Wildman–Crippen LogP) is 2.04. The third-order valence-corrected chi connectivity index (χ3v) is 3.95. The van der Waals surface area contributed by atoms with Crippen LogP contribution in [0.4, 0.5) is 4.79 Å². The van der Waals surface area contributed by atoms with Crippen molar-refractivity contribution in [2.45, 2.75) is 65.6 Å². The molecule has 2 amide bonds. The molecule has 2 atom stereocenters. The quantitative estimate of drug-likeness (QED) is 0.731. The second kappa shape index (κ2) is 7.85. The molecule has 0 aromatic carbocycles. The highest BCUT2D eigenvalue weighted by atomic mass is 16.6. The van der Waals surface area contributed by atoms with E-state index in [1.54, 1.807) is 9.80 Å². The van der Waals surface area contributed by atoms with Gasteiger partial charge in [-0.05, 0) is 33.1 Å². The SMILES string of the molecule is COC(=O)C(C(C)C)N(C(C)=O)C1CCN(C(=O)OC(C)(C)C)C1. The van der Waals surface area contributed by atoms with E-state index in [-0.39, 0.29) is 17.9 Å². The molecule has 1 aliphatic heterocycles. The number of carbonyl (C=O) groups is 3. The zero-order chi connectivity index (χ0) is 18.7. The van der Waals surface area contributed by atoms with E-state index in [1.807, 2.05) is 34.6 Å². The van der Waals surface area contributed by atoms with Gasteiger partial charge in [0.1, 0.15) is 11.6 Å². The number of hydrogen-bond donors (Lipinski definition) is 0. The molecule has 1 fully saturated rings. The van der Waals surface area contributed by atoms with Crippen molar-refractivity contribution in [2.75, 3.05) is 20.2 Å². The molecule has 0 N–H and O–H groups in total. The van der Waals surface area contributed by atoms with Gasteiger partial charge in [-0.1, -0.05) is 13.8 Å². The Hall–Kier alpha value is -1.79. The molecule has 1 heterocycles. The van der Waals surface area contributed by atoms with Crippen molar-refractivity contribution in [1.82, 2.24) is 9.80 Å². The Kier molecular flexibility index (Phi) is 6.63. The average Bonchev–Trinajstić information content (AvgIpc) is 2.90. The fourth-order valence-electron chi connectivity index (χ4n) is 2.97. The first-order valence-electron chi connectivity index (χ1n) is 8.32. The van der Waals surface area contributed by atoms with Crippen molar-refractivity contribution in [3.63, 3.8) is 0 Å². The van der Waals surface area contributed by atoms with Gasteiger partial charge < -0.3 is 19.3 Å². The predicted molar refractivity (Wildman–Crippen MR) is 89.4 cm³/mol. The summed E-state index contributed by atoms with van der Waals surface area (Å²) >= 11 is 0. The van der Waals surface area contributed by atoms with Crippen molar-refractivity contribution in [2.24, 2.45) is 5.92 Å². The molecule has 1 rings (SSSR count). The molecule has 0 saturated carbocycles. The molecule has 0 aliphatic carbocycles. The van der Waals surface area contributed by atoms with E-state index in [4.69, 9.17) is 9.47 Å². The Bertz CT molecular complexity index is 484. The van der Waals surface area contributed by atoms with Crippen LogP contribution in [0.1, 0.15) is 48.0 Å². The monoisotopic (exact) mass is 342 g/mol. The van der Waals surface area contributed by atoms with Crippen LogP contribution in [-0.2, 0) is 19.1 Å². The molecule has 24 heavy (non-hydrogen) atoms. The van der Waals surface area contributed by atoms with Crippen LogP contribution in [0.3, 0.4) is 0 Å². The number of carbonyl (C=O) groups excluding carboxylic acids is 3. The lowest BCUT2D eigenvalue weighted by atomic mass is 10.00. The largest absolute Gasteiger partial charge is 0.467 e. The molecule has 138 valence electrons. The van der Waals surface area contributed by atoms with E-state index < -0.39 is 23.7 Å². The van der Waals surface area contributed by atoms with Crippen LogP contribution in [0.5, 0.6) is 0 Å². The minimum Gasteiger partial charge on any atom is -0.467 e. The molecule has 0 spiro atoms. The van der Waals surface area contributed by atoms with Crippen LogP contribution in [0.15, 0.2) is 0 Å². The lowest BCUT2D eigenvalue weighted by molar-refractivity contribution is -0.156. The Morgan fingerprint density at radius 2 is 1.79 bits per heavy atom. The second-order valence-electron chi connectivity index (χ2n) is 7.51. The van der Waals surface area contributed by atoms with Crippen molar-refractivity contribution in [3.05, 3.63) is 0 Å². The van der Waals surface area contributed by atoms with Crippen LogP contribution in [0.2, 0.25) is 0 Å². The first kappa shape index (κ1) is 20.3. The Morgan fingerprint density at radius 3 is 2.21 bits per heavy atom. The number of hydrogen-bond acceptors (Lipinski definition) is 5. The number of likely N-dealkylation sites (tertiary alicyclic amines) is 1. The van der Waals surface area contributed by atoms with Crippen LogP contribution in [-0.4, -0.2) is 65.7 Å². The molecule has 0 bridgehead atoms. The van der Waals surface area contributed by atoms with E-state index >= 15 is 0 Å².